The maximum Gasteiger partial charge on any atom is 0.250 e. The van der Waals surface area contributed by atoms with E-state index in [0.29, 0.717) is 29.5 Å². The topological polar surface area (TPSA) is 91.6 Å². The first-order chi connectivity index (χ1) is 13.0. The average Bonchev–Trinajstić information content (AvgIpc) is 2.67. The van der Waals surface area contributed by atoms with Crippen molar-refractivity contribution in [2.45, 2.75) is 44.7 Å². The Morgan fingerprint density at radius 3 is 2.78 bits per heavy atom. The lowest BCUT2D eigenvalue weighted by Gasteiger charge is -2.57. The number of nitrogens with zero attached hydrogens (tertiary/aromatic N) is 3. The minimum absolute atomic E-state index is 0.0436. The van der Waals surface area contributed by atoms with Crippen LogP contribution in [0, 0.1) is 11.8 Å². The molecule has 3 saturated heterocycles. The molecule has 1 aromatic rings. The number of anilines is 1. The van der Waals surface area contributed by atoms with E-state index < -0.39 is 5.91 Å². The molecular formula is C20H29N5O2. The normalized spacial score (nSPS) is 30.5. The van der Waals surface area contributed by atoms with Gasteiger partial charge in [0.05, 0.1) is 5.56 Å². The fourth-order valence-corrected chi connectivity index (χ4v) is 5.34. The van der Waals surface area contributed by atoms with E-state index >= 15 is 0 Å². The van der Waals surface area contributed by atoms with E-state index in [-0.39, 0.29) is 5.91 Å². The zero-order chi connectivity index (χ0) is 19.0. The van der Waals surface area contributed by atoms with Crippen LogP contribution in [0.15, 0.2) is 18.3 Å². The molecule has 7 heteroatoms. The van der Waals surface area contributed by atoms with Gasteiger partial charge in [0.1, 0.15) is 5.82 Å². The van der Waals surface area contributed by atoms with Gasteiger partial charge >= 0.3 is 0 Å². The highest BCUT2D eigenvalue weighted by molar-refractivity contribution is 5.92. The van der Waals surface area contributed by atoms with Crippen LogP contribution in [-0.2, 0) is 4.79 Å². The van der Waals surface area contributed by atoms with Crippen molar-refractivity contribution in [1.29, 1.82) is 0 Å². The minimum Gasteiger partial charge on any atom is -0.366 e. The van der Waals surface area contributed by atoms with Gasteiger partial charge in [0.15, 0.2) is 0 Å². The lowest BCUT2D eigenvalue weighted by atomic mass is 9.72. The Balaban J connectivity index is 1.55. The summed E-state index contributed by atoms with van der Waals surface area (Å²) in [6, 6.07) is 4.66. The first-order valence-electron chi connectivity index (χ1n) is 10.0. The minimum atomic E-state index is -0.446. The Morgan fingerprint density at radius 1 is 1.26 bits per heavy atom. The molecule has 3 N–H and O–H groups in total. The number of carbonyl (C=O) groups excluding carboxylic acids is 2. The van der Waals surface area contributed by atoms with E-state index in [9.17, 15) is 9.59 Å². The molecule has 3 aliphatic heterocycles. The molecule has 4 rings (SSSR count). The number of aromatic nitrogens is 1. The predicted molar refractivity (Wildman–Crippen MR) is 103 cm³/mol. The molecule has 0 radical (unpaired) electrons. The molecule has 0 aromatic carbocycles. The molecule has 4 heterocycles. The van der Waals surface area contributed by atoms with Gasteiger partial charge < -0.3 is 16.0 Å². The Labute approximate surface area is 160 Å². The number of piperidine rings is 3. The fraction of sp³-hybridized carbons (Fsp3) is 0.650. The third kappa shape index (κ3) is 3.65. The zero-order valence-corrected chi connectivity index (χ0v) is 15.9. The van der Waals surface area contributed by atoms with Crippen LogP contribution in [-0.4, -0.2) is 60.0 Å². The quantitative estimate of drug-likeness (QED) is 0.824. The highest BCUT2D eigenvalue weighted by Gasteiger charge is 2.47. The van der Waals surface area contributed by atoms with E-state index in [0.717, 1.165) is 32.0 Å². The van der Waals surface area contributed by atoms with Crippen LogP contribution in [0.25, 0.3) is 0 Å². The first-order valence-corrected chi connectivity index (χ1v) is 10.0. The van der Waals surface area contributed by atoms with Crippen molar-refractivity contribution in [3.63, 3.8) is 0 Å². The van der Waals surface area contributed by atoms with E-state index in [1.165, 1.54) is 25.7 Å². The van der Waals surface area contributed by atoms with Crippen molar-refractivity contribution in [1.82, 2.24) is 15.2 Å². The van der Waals surface area contributed by atoms with Crippen LogP contribution in [0.4, 0.5) is 5.82 Å². The van der Waals surface area contributed by atoms with E-state index in [4.69, 9.17) is 5.73 Å². The molecule has 3 fully saturated rings. The first kappa shape index (κ1) is 18.2. The molecule has 2 amide bonds. The second-order valence-corrected chi connectivity index (χ2v) is 8.24. The second kappa shape index (κ2) is 7.46. The molecule has 146 valence electrons. The summed E-state index contributed by atoms with van der Waals surface area (Å²) in [5.41, 5.74) is 5.78. The predicted octanol–water partition coefficient (Wildman–Crippen LogP) is 0.996. The summed E-state index contributed by atoms with van der Waals surface area (Å²) in [4.78, 5) is 32.3. The Bertz CT molecular complexity index is 707. The molecule has 27 heavy (non-hydrogen) atoms. The summed E-state index contributed by atoms with van der Waals surface area (Å²) in [5, 5.41) is 3.06. The van der Waals surface area contributed by atoms with Gasteiger partial charge in [-0.15, -0.1) is 0 Å². The second-order valence-electron chi connectivity index (χ2n) is 8.24. The van der Waals surface area contributed by atoms with Crippen LogP contribution in [0.5, 0.6) is 0 Å². The van der Waals surface area contributed by atoms with Crippen molar-refractivity contribution in [2.75, 3.05) is 31.1 Å². The molecule has 2 bridgehead atoms. The van der Waals surface area contributed by atoms with E-state index in [2.05, 4.69) is 20.1 Å². The smallest absolute Gasteiger partial charge is 0.250 e. The molecule has 3 aliphatic rings. The highest BCUT2D eigenvalue weighted by atomic mass is 16.1. The summed E-state index contributed by atoms with van der Waals surface area (Å²) in [6.07, 6.45) is 6.59. The molecule has 0 spiro atoms. The summed E-state index contributed by atoms with van der Waals surface area (Å²) < 4.78 is 0. The zero-order valence-electron chi connectivity index (χ0n) is 15.9. The molecule has 0 saturated carbocycles. The lowest BCUT2D eigenvalue weighted by Crippen LogP contribution is -2.65. The summed E-state index contributed by atoms with van der Waals surface area (Å²) in [7, 11) is 0. The average molecular weight is 371 g/mol. The van der Waals surface area contributed by atoms with Crippen LogP contribution >= 0.6 is 0 Å². The van der Waals surface area contributed by atoms with E-state index in [1.807, 2.05) is 6.07 Å². The Morgan fingerprint density at radius 2 is 2.07 bits per heavy atom. The number of rotatable bonds is 4. The van der Waals surface area contributed by atoms with Crippen molar-refractivity contribution < 1.29 is 9.59 Å². The Kier molecular flexibility index (Phi) is 5.04. The van der Waals surface area contributed by atoms with Gasteiger partial charge in [0, 0.05) is 44.8 Å². The number of amides is 2. The van der Waals surface area contributed by atoms with Crippen molar-refractivity contribution >= 4 is 17.6 Å². The van der Waals surface area contributed by atoms with Crippen LogP contribution in [0.1, 0.15) is 43.0 Å². The van der Waals surface area contributed by atoms with Gasteiger partial charge in [-0.2, -0.15) is 0 Å². The van der Waals surface area contributed by atoms with Crippen molar-refractivity contribution in [2.24, 2.45) is 17.6 Å². The van der Waals surface area contributed by atoms with E-state index in [1.54, 1.807) is 19.2 Å². The molecular weight excluding hydrogens is 342 g/mol. The lowest BCUT2D eigenvalue weighted by molar-refractivity contribution is -0.119. The van der Waals surface area contributed by atoms with Gasteiger partial charge in [-0.3, -0.25) is 14.5 Å². The van der Waals surface area contributed by atoms with Gasteiger partial charge in [0.25, 0.3) is 0 Å². The summed E-state index contributed by atoms with van der Waals surface area (Å²) in [6.45, 7) is 5.41. The standard InChI is InChI=1S/C20H29N5O2/c1-13(26)22-10-18-16-8-15(17-4-2-3-7-25(17)18)11-24(12-16)19-6-5-14(9-23-19)20(21)27/h5-6,9,15-18H,2-4,7-8,10-12H2,1H3,(H2,21,27)(H,22,26)/t15-,16+,17+,18+/m1/s1. The van der Waals surface area contributed by atoms with Crippen LogP contribution in [0.3, 0.4) is 0 Å². The largest absolute Gasteiger partial charge is 0.366 e. The van der Waals surface area contributed by atoms with Crippen LogP contribution < -0.4 is 16.0 Å². The molecule has 0 aliphatic carbocycles. The fourth-order valence-electron chi connectivity index (χ4n) is 5.34. The number of hydrogen-bond acceptors (Lipinski definition) is 5. The number of primary amides is 1. The number of fused-ring (bicyclic) bond motifs is 4. The molecule has 1 aromatic heterocycles. The van der Waals surface area contributed by atoms with Gasteiger partial charge in [-0.1, -0.05) is 6.42 Å². The molecule has 4 atom stereocenters. The SMILES string of the molecule is CC(=O)NC[C@H]1[C@H]2C[C@H](CN(c3ccc(C(N)=O)cn3)C2)[C@@H]2CCCCN21. The number of nitrogens with one attached hydrogen (secondary N) is 1. The van der Waals surface area contributed by atoms with Crippen molar-refractivity contribution in [3.8, 4) is 0 Å². The number of hydrogen-bond donors (Lipinski definition) is 2. The number of nitrogens with two attached hydrogens (primary N) is 1. The number of pyridine rings is 1. The number of carbonyl (C=O) groups is 2. The van der Waals surface area contributed by atoms with Crippen LogP contribution in [0.2, 0.25) is 0 Å². The highest BCUT2D eigenvalue weighted by Crippen LogP contribution is 2.41. The summed E-state index contributed by atoms with van der Waals surface area (Å²) in [5.74, 6) is 1.66. The van der Waals surface area contributed by atoms with Crippen molar-refractivity contribution in [3.05, 3.63) is 23.9 Å². The van der Waals surface area contributed by atoms with Gasteiger partial charge in [-0.25, -0.2) is 4.98 Å². The van der Waals surface area contributed by atoms with Gasteiger partial charge in [-0.05, 0) is 49.8 Å². The monoisotopic (exact) mass is 371 g/mol. The Hall–Kier alpha value is -2.15. The van der Waals surface area contributed by atoms with Gasteiger partial charge in [0.2, 0.25) is 11.8 Å². The third-order valence-corrected chi connectivity index (χ3v) is 6.54. The summed E-state index contributed by atoms with van der Waals surface area (Å²) >= 11 is 0. The molecule has 0 unspecified atom stereocenters. The maximum absolute atomic E-state index is 11.5. The maximum atomic E-state index is 11.5. The molecule has 7 nitrogen and oxygen atoms in total. The third-order valence-electron chi connectivity index (χ3n) is 6.54.